The molecule has 0 aliphatic heterocycles. The molecule has 6 heteroatoms. The van der Waals surface area contributed by atoms with E-state index in [9.17, 15) is 13.2 Å². The number of alkyl halides is 4. The van der Waals surface area contributed by atoms with Crippen LogP contribution >= 0.6 is 27.7 Å². The molecule has 1 nitrogen and oxygen atoms in total. The molecule has 1 aromatic rings. The lowest BCUT2D eigenvalue weighted by Gasteiger charge is -2.10. The zero-order chi connectivity index (χ0) is 12.0. The van der Waals surface area contributed by atoms with Gasteiger partial charge in [0.25, 0.3) is 0 Å². The van der Waals surface area contributed by atoms with Gasteiger partial charge in [-0.05, 0) is 17.8 Å². The molecule has 0 amide bonds. The summed E-state index contributed by atoms with van der Waals surface area (Å²) < 4.78 is 40.8. The zero-order valence-electron chi connectivity index (χ0n) is 8.26. The molecule has 16 heavy (non-hydrogen) atoms. The van der Waals surface area contributed by atoms with Crippen molar-refractivity contribution in [2.75, 3.05) is 12.4 Å². The van der Waals surface area contributed by atoms with Gasteiger partial charge in [-0.25, -0.2) is 0 Å². The summed E-state index contributed by atoms with van der Waals surface area (Å²) in [6, 6.07) is 7.25. The summed E-state index contributed by atoms with van der Waals surface area (Å²) in [6.45, 7) is 0.0498. The van der Waals surface area contributed by atoms with Crippen molar-refractivity contribution < 1.29 is 17.9 Å². The molecule has 0 aliphatic carbocycles. The second kappa shape index (κ2) is 6.39. The zero-order valence-corrected chi connectivity index (χ0v) is 10.7. The molecular weight excluding hydrogens is 305 g/mol. The summed E-state index contributed by atoms with van der Waals surface area (Å²) in [4.78, 5) is 0. The molecule has 0 saturated heterocycles. The maximum absolute atomic E-state index is 11.8. The third-order valence-corrected chi connectivity index (χ3v) is 3.03. The first kappa shape index (κ1) is 13.7. The van der Waals surface area contributed by atoms with E-state index in [1.807, 2.05) is 12.1 Å². The van der Waals surface area contributed by atoms with Crippen LogP contribution in [0, 0.1) is 0 Å². The molecule has 0 N–H and O–H groups in total. The summed E-state index contributed by atoms with van der Waals surface area (Å²) in [6.07, 6.45) is 0. The van der Waals surface area contributed by atoms with Gasteiger partial charge >= 0.3 is 5.51 Å². The fourth-order valence-electron chi connectivity index (χ4n) is 1.06. The Morgan fingerprint density at radius 1 is 1.25 bits per heavy atom. The molecule has 0 fully saturated rings. The van der Waals surface area contributed by atoms with Crippen LogP contribution in [0.15, 0.2) is 24.3 Å². The summed E-state index contributed by atoms with van der Waals surface area (Å²) >= 11 is 3.21. The Morgan fingerprint density at radius 2 is 1.94 bits per heavy atom. The molecule has 0 unspecified atom stereocenters. The van der Waals surface area contributed by atoms with E-state index < -0.39 is 5.51 Å². The molecule has 0 aliphatic rings. The van der Waals surface area contributed by atoms with Crippen molar-refractivity contribution in [2.45, 2.75) is 10.8 Å². The number of hydrogen-bond donors (Lipinski definition) is 0. The minimum atomic E-state index is -4.18. The Labute approximate surface area is 104 Å². The molecule has 0 heterocycles. The lowest BCUT2D eigenvalue weighted by molar-refractivity contribution is -0.0329. The van der Waals surface area contributed by atoms with Crippen LogP contribution in [0.4, 0.5) is 13.2 Å². The van der Waals surface area contributed by atoms with Crippen LogP contribution in [-0.2, 0) is 5.33 Å². The van der Waals surface area contributed by atoms with Crippen molar-refractivity contribution in [3.63, 3.8) is 0 Å². The van der Waals surface area contributed by atoms with Crippen molar-refractivity contribution in [2.24, 2.45) is 0 Å². The van der Waals surface area contributed by atoms with Crippen molar-refractivity contribution in [3.8, 4) is 5.75 Å². The SMILES string of the molecule is FC(F)(F)SCCOc1ccccc1CBr. The summed E-state index contributed by atoms with van der Waals surface area (Å²) in [5, 5.41) is 0.621. The Morgan fingerprint density at radius 3 is 2.56 bits per heavy atom. The first-order chi connectivity index (χ1) is 7.53. The first-order valence-electron chi connectivity index (χ1n) is 4.50. The Kier molecular flexibility index (Phi) is 5.48. The quantitative estimate of drug-likeness (QED) is 0.594. The van der Waals surface area contributed by atoms with E-state index in [-0.39, 0.29) is 24.1 Å². The largest absolute Gasteiger partial charge is 0.492 e. The highest BCUT2D eigenvalue weighted by atomic mass is 79.9. The van der Waals surface area contributed by atoms with E-state index in [0.29, 0.717) is 11.1 Å². The predicted octanol–water partition coefficient (Wildman–Crippen LogP) is 4.21. The molecular formula is C10H10BrF3OS. The molecule has 0 bridgehead atoms. The highest BCUT2D eigenvalue weighted by Crippen LogP contribution is 2.30. The van der Waals surface area contributed by atoms with Gasteiger partial charge in [0.2, 0.25) is 0 Å². The fraction of sp³-hybridized carbons (Fsp3) is 0.400. The average molecular weight is 315 g/mol. The minimum Gasteiger partial charge on any atom is -0.492 e. The maximum atomic E-state index is 11.8. The van der Waals surface area contributed by atoms with E-state index >= 15 is 0 Å². The lowest BCUT2D eigenvalue weighted by Crippen LogP contribution is -2.08. The topological polar surface area (TPSA) is 9.23 Å². The molecule has 0 atom stereocenters. The van der Waals surface area contributed by atoms with E-state index in [1.54, 1.807) is 12.1 Å². The highest BCUT2D eigenvalue weighted by Gasteiger charge is 2.27. The highest BCUT2D eigenvalue weighted by molar-refractivity contribution is 9.08. The number of ether oxygens (including phenoxy) is 1. The van der Waals surface area contributed by atoms with Gasteiger partial charge in [0.1, 0.15) is 5.75 Å². The monoisotopic (exact) mass is 314 g/mol. The van der Waals surface area contributed by atoms with Crippen molar-refractivity contribution >= 4 is 27.7 Å². The Balaban J connectivity index is 2.37. The fourth-order valence-corrected chi connectivity index (χ4v) is 1.93. The van der Waals surface area contributed by atoms with Gasteiger partial charge in [0.15, 0.2) is 0 Å². The number of para-hydroxylation sites is 1. The number of hydrogen-bond acceptors (Lipinski definition) is 2. The van der Waals surface area contributed by atoms with Crippen LogP contribution in [0.25, 0.3) is 0 Å². The maximum Gasteiger partial charge on any atom is 0.441 e. The van der Waals surface area contributed by atoms with Crippen LogP contribution in [0.5, 0.6) is 5.75 Å². The molecule has 90 valence electrons. The second-order valence-corrected chi connectivity index (χ2v) is 4.60. The predicted molar refractivity (Wildman–Crippen MR) is 63.1 cm³/mol. The number of rotatable bonds is 5. The van der Waals surface area contributed by atoms with Gasteiger partial charge in [-0.1, -0.05) is 34.1 Å². The normalized spacial score (nSPS) is 11.5. The summed E-state index contributed by atoms with van der Waals surface area (Å²) in [7, 11) is 0. The van der Waals surface area contributed by atoms with Crippen LogP contribution in [0.3, 0.4) is 0 Å². The smallest absolute Gasteiger partial charge is 0.441 e. The number of halogens is 4. The Hall–Kier alpha value is -0.360. The van der Waals surface area contributed by atoms with Crippen molar-refractivity contribution in [1.29, 1.82) is 0 Å². The van der Waals surface area contributed by atoms with E-state index in [0.717, 1.165) is 5.56 Å². The van der Waals surface area contributed by atoms with Crippen LogP contribution in [0.2, 0.25) is 0 Å². The van der Waals surface area contributed by atoms with Gasteiger partial charge in [-0.3, -0.25) is 0 Å². The first-order valence-corrected chi connectivity index (χ1v) is 6.61. The third kappa shape index (κ3) is 5.12. The van der Waals surface area contributed by atoms with Crippen LogP contribution in [-0.4, -0.2) is 17.9 Å². The molecule has 0 spiro atoms. The van der Waals surface area contributed by atoms with Gasteiger partial charge in [-0.15, -0.1) is 0 Å². The Bertz CT molecular complexity index is 330. The molecule has 0 saturated carbocycles. The summed E-state index contributed by atoms with van der Waals surface area (Å²) in [5.74, 6) is 0.530. The third-order valence-electron chi connectivity index (χ3n) is 1.72. The van der Waals surface area contributed by atoms with Gasteiger partial charge in [-0.2, -0.15) is 13.2 Å². The molecule has 1 rings (SSSR count). The minimum absolute atomic E-state index is 0.0498. The van der Waals surface area contributed by atoms with Crippen molar-refractivity contribution in [3.05, 3.63) is 29.8 Å². The van der Waals surface area contributed by atoms with Gasteiger partial charge in [0.05, 0.1) is 6.61 Å². The lowest BCUT2D eigenvalue weighted by atomic mass is 10.2. The van der Waals surface area contributed by atoms with Crippen molar-refractivity contribution in [1.82, 2.24) is 0 Å². The molecule has 0 aromatic heterocycles. The standard InChI is InChI=1S/C10H10BrF3OS/c11-7-8-3-1-2-4-9(8)15-5-6-16-10(12,13)14/h1-4H,5-7H2. The molecule has 0 radical (unpaired) electrons. The summed E-state index contributed by atoms with van der Waals surface area (Å²) in [5.41, 5.74) is -3.25. The second-order valence-electron chi connectivity index (χ2n) is 2.88. The molecule has 1 aromatic carbocycles. The number of thioether (sulfide) groups is 1. The van der Waals surface area contributed by atoms with E-state index in [2.05, 4.69) is 15.9 Å². The van der Waals surface area contributed by atoms with Crippen LogP contribution in [0.1, 0.15) is 5.56 Å². The van der Waals surface area contributed by atoms with Crippen LogP contribution < -0.4 is 4.74 Å². The average Bonchev–Trinajstić information content (AvgIpc) is 2.23. The van der Waals surface area contributed by atoms with E-state index in [1.165, 1.54) is 0 Å². The van der Waals surface area contributed by atoms with E-state index in [4.69, 9.17) is 4.74 Å². The van der Waals surface area contributed by atoms with Gasteiger partial charge < -0.3 is 4.74 Å². The number of benzene rings is 1. The van der Waals surface area contributed by atoms with Gasteiger partial charge in [0, 0.05) is 16.6 Å².